The van der Waals surface area contributed by atoms with Gasteiger partial charge in [0.25, 0.3) is 5.91 Å². The van der Waals surface area contributed by atoms with Crippen molar-refractivity contribution < 1.29 is 18.5 Å². The first kappa shape index (κ1) is 20.2. The molecule has 6 heteroatoms. The molecule has 0 radical (unpaired) electrons. The van der Waals surface area contributed by atoms with Gasteiger partial charge in [-0.1, -0.05) is 25.9 Å². The molecule has 29 heavy (non-hydrogen) atoms. The number of ether oxygens (including phenoxy) is 1. The van der Waals surface area contributed by atoms with E-state index in [1.54, 1.807) is 19.2 Å². The highest BCUT2D eigenvalue weighted by atomic mass is 16.5. The molecular formula is C23H32N2O4. The van der Waals surface area contributed by atoms with Crippen molar-refractivity contribution in [1.82, 2.24) is 10.1 Å². The molecule has 1 saturated heterocycles. The molecule has 158 valence electrons. The minimum atomic E-state index is -0.0433. The van der Waals surface area contributed by atoms with E-state index in [-0.39, 0.29) is 5.91 Å². The van der Waals surface area contributed by atoms with E-state index in [2.05, 4.69) is 25.9 Å². The van der Waals surface area contributed by atoms with Crippen LogP contribution in [-0.4, -0.2) is 36.2 Å². The molecule has 6 nitrogen and oxygen atoms in total. The quantitative estimate of drug-likeness (QED) is 0.751. The molecular weight excluding hydrogens is 368 g/mol. The standard InChI is InChI=1S/C23H32N2O4/c1-23(2,3)16-5-7-19-18(13-16)21(29-24-19)15-9-11-25(12-10-15)22(26)20-8-6-17(28-20)14-27-4/h6,8,15-16H,5,7,9-14H2,1-4H3. The Kier molecular flexibility index (Phi) is 5.56. The summed E-state index contributed by atoms with van der Waals surface area (Å²) in [6, 6.07) is 3.54. The van der Waals surface area contributed by atoms with Crippen molar-refractivity contribution in [1.29, 1.82) is 0 Å². The summed E-state index contributed by atoms with van der Waals surface area (Å²) >= 11 is 0. The topological polar surface area (TPSA) is 68.7 Å². The molecule has 0 N–H and O–H groups in total. The number of likely N-dealkylation sites (tertiary alicyclic amines) is 1. The van der Waals surface area contributed by atoms with Crippen LogP contribution in [0.1, 0.15) is 79.3 Å². The van der Waals surface area contributed by atoms with Gasteiger partial charge in [-0.05, 0) is 55.6 Å². The van der Waals surface area contributed by atoms with Crippen molar-refractivity contribution in [2.24, 2.45) is 11.3 Å². The molecule has 0 bridgehead atoms. The molecule has 3 heterocycles. The number of fused-ring (bicyclic) bond motifs is 1. The number of furan rings is 1. The number of rotatable bonds is 4. The van der Waals surface area contributed by atoms with Gasteiger partial charge in [-0.3, -0.25) is 4.79 Å². The zero-order chi connectivity index (χ0) is 20.6. The van der Waals surface area contributed by atoms with Crippen molar-refractivity contribution in [3.8, 4) is 0 Å². The van der Waals surface area contributed by atoms with Crippen LogP contribution < -0.4 is 0 Å². The van der Waals surface area contributed by atoms with Gasteiger partial charge in [-0.25, -0.2) is 0 Å². The largest absolute Gasteiger partial charge is 0.453 e. The Balaban J connectivity index is 1.40. The van der Waals surface area contributed by atoms with Crippen LogP contribution in [0.2, 0.25) is 0 Å². The number of piperidine rings is 1. The molecule has 1 aliphatic carbocycles. The van der Waals surface area contributed by atoms with E-state index in [9.17, 15) is 4.79 Å². The fraction of sp³-hybridized carbons (Fsp3) is 0.652. The Hall–Kier alpha value is -2.08. The van der Waals surface area contributed by atoms with Crippen LogP contribution in [-0.2, 0) is 24.2 Å². The number of hydrogen-bond donors (Lipinski definition) is 0. The second-order valence-electron chi connectivity index (χ2n) is 9.54. The highest BCUT2D eigenvalue weighted by molar-refractivity contribution is 5.91. The fourth-order valence-electron chi connectivity index (χ4n) is 4.70. The average molecular weight is 401 g/mol. The SMILES string of the molecule is COCc1ccc(C(=O)N2CCC(c3onc4c3CC(C(C)(C)C)CC4)CC2)o1. The average Bonchev–Trinajstić information content (AvgIpc) is 3.34. The molecule has 1 fully saturated rings. The van der Waals surface area contributed by atoms with E-state index in [0.717, 1.165) is 37.1 Å². The second kappa shape index (κ2) is 7.98. The molecule has 2 aromatic rings. The first-order chi connectivity index (χ1) is 13.9. The number of hydrogen-bond acceptors (Lipinski definition) is 5. The van der Waals surface area contributed by atoms with E-state index < -0.39 is 0 Å². The Bertz CT molecular complexity index is 853. The van der Waals surface area contributed by atoms with Crippen LogP contribution in [0.5, 0.6) is 0 Å². The summed E-state index contributed by atoms with van der Waals surface area (Å²) in [5.74, 6) is 3.09. The molecule has 0 saturated carbocycles. The first-order valence-corrected chi connectivity index (χ1v) is 10.7. The number of amides is 1. The minimum Gasteiger partial charge on any atom is -0.453 e. The zero-order valence-electron chi connectivity index (χ0n) is 18.0. The number of carbonyl (C=O) groups excluding carboxylic acids is 1. The van der Waals surface area contributed by atoms with Gasteiger partial charge in [-0.2, -0.15) is 0 Å². The van der Waals surface area contributed by atoms with Crippen molar-refractivity contribution in [2.45, 2.75) is 65.4 Å². The molecule has 0 spiro atoms. The maximum atomic E-state index is 12.8. The summed E-state index contributed by atoms with van der Waals surface area (Å²) < 4.78 is 16.5. The summed E-state index contributed by atoms with van der Waals surface area (Å²) in [5, 5.41) is 4.39. The van der Waals surface area contributed by atoms with Crippen molar-refractivity contribution in [3.05, 3.63) is 40.7 Å². The number of carbonyl (C=O) groups is 1. The van der Waals surface area contributed by atoms with Gasteiger partial charge in [0, 0.05) is 31.7 Å². The van der Waals surface area contributed by atoms with Crippen molar-refractivity contribution in [3.63, 3.8) is 0 Å². The second-order valence-corrected chi connectivity index (χ2v) is 9.54. The number of aryl methyl sites for hydroxylation is 1. The van der Waals surface area contributed by atoms with Crippen LogP contribution in [0.15, 0.2) is 21.1 Å². The van der Waals surface area contributed by atoms with Crippen LogP contribution in [0.25, 0.3) is 0 Å². The highest BCUT2D eigenvalue weighted by Crippen LogP contribution is 2.41. The van der Waals surface area contributed by atoms with Crippen LogP contribution >= 0.6 is 0 Å². The molecule has 1 aliphatic heterocycles. The van der Waals surface area contributed by atoms with Gasteiger partial charge in [0.15, 0.2) is 5.76 Å². The number of nitrogens with zero attached hydrogens (tertiary/aromatic N) is 2. The van der Waals surface area contributed by atoms with Gasteiger partial charge >= 0.3 is 0 Å². The lowest BCUT2D eigenvalue weighted by atomic mass is 9.71. The third-order valence-electron chi connectivity index (χ3n) is 6.62. The summed E-state index contributed by atoms with van der Waals surface area (Å²) in [6.45, 7) is 8.78. The molecule has 1 atom stereocenters. The van der Waals surface area contributed by atoms with E-state index in [1.165, 1.54) is 12.0 Å². The predicted octanol–water partition coefficient (Wildman–Crippen LogP) is 4.58. The van der Waals surface area contributed by atoms with E-state index in [1.807, 2.05) is 4.90 Å². The fourth-order valence-corrected chi connectivity index (χ4v) is 4.70. The van der Waals surface area contributed by atoms with Crippen LogP contribution in [0, 0.1) is 11.3 Å². The third-order valence-corrected chi connectivity index (χ3v) is 6.62. The highest BCUT2D eigenvalue weighted by Gasteiger charge is 2.36. The van der Waals surface area contributed by atoms with Gasteiger partial charge in [0.05, 0.1) is 5.69 Å². The van der Waals surface area contributed by atoms with Gasteiger partial charge in [-0.15, -0.1) is 0 Å². The van der Waals surface area contributed by atoms with Gasteiger partial charge < -0.3 is 18.6 Å². The summed E-state index contributed by atoms with van der Waals surface area (Å²) in [4.78, 5) is 14.6. The summed E-state index contributed by atoms with van der Waals surface area (Å²) in [7, 11) is 1.61. The first-order valence-electron chi connectivity index (χ1n) is 10.7. The normalized spacial score (nSPS) is 20.7. The van der Waals surface area contributed by atoms with Gasteiger partial charge in [0.2, 0.25) is 0 Å². The smallest absolute Gasteiger partial charge is 0.289 e. The van der Waals surface area contributed by atoms with Gasteiger partial charge in [0.1, 0.15) is 18.1 Å². The lowest BCUT2D eigenvalue weighted by molar-refractivity contribution is 0.0666. The van der Waals surface area contributed by atoms with E-state index in [0.29, 0.717) is 48.5 Å². The predicted molar refractivity (Wildman–Crippen MR) is 109 cm³/mol. The van der Waals surface area contributed by atoms with Crippen molar-refractivity contribution in [2.75, 3.05) is 20.2 Å². The van der Waals surface area contributed by atoms with E-state index >= 15 is 0 Å². The molecule has 4 rings (SSSR count). The van der Waals surface area contributed by atoms with Crippen molar-refractivity contribution >= 4 is 5.91 Å². The number of aromatic nitrogens is 1. The Morgan fingerprint density at radius 1 is 1.24 bits per heavy atom. The molecule has 0 aromatic carbocycles. The third kappa shape index (κ3) is 4.13. The number of methoxy groups -OCH3 is 1. The Morgan fingerprint density at radius 3 is 2.69 bits per heavy atom. The minimum absolute atomic E-state index is 0.0433. The summed E-state index contributed by atoms with van der Waals surface area (Å²) in [6.07, 6.45) is 5.06. The maximum absolute atomic E-state index is 12.8. The molecule has 1 amide bonds. The molecule has 2 aromatic heterocycles. The zero-order valence-corrected chi connectivity index (χ0v) is 18.0. The maximum Gasteiger partial charge on any atom is 0.289 e. The Morgan fingerprint density at radius 2 is 2.00 bits per heavy atom. The lowest BCUT2D eigenvalue weighted by Gasteiger charge is -2.34. The molecule has 2 aliphatic rings. The van der Waals surface area contributed by atoms with Crippen LogP contribution in [0.4, 0.5) is 0 Å². The monoisotopic (exact) mass is 400 g/mol. The lowest BCUT2D eigenvalue weighted by Crippen LogP contribution is -2.38. The van der Waals surface area contributed by atoms with E-state index in [4.69, 9.17) is 13.7 Å². The molecule has 1 unspecified atom stereocenters. The summed E-state index contributed by atoms with van der Waals surface area (Å²) in [5.41, 5.74) is 2.80. The Labute approximate surface area is 172 Å². The van der Waals surface area contributed by atoms with Crippen LogP contribution in [0.3, 0.4) is 0 Å².